The van der Waals surface area contributed by atoms with Crippen LogP contribution in [0.5, 0.6) is 5.75 Å². The maximum atomic E-state index is 12.9. The van der Waals surface area contributed by atoms with Crippen molar-refractivity contribution in [2.75, 3.05) is 37.1 Å². The Morgan fingerprint density at radius 3 is 2.53 bits per heavy atom. The fraction of sp³-hybridized carbons (Fsp3) is 0.464. The Morgan fingerprint density at radius 2 is 1.84 bits per heavy atom. The number of fused-ring (bicyclic) bond motifs is 2. The van der Waals surface area contributed by atoms with E-state index in [1.54, 1.807) is 32.0 Å². The monoisotopic (exact) mass is 651 g/mol. The van der Waals surface area contributed by atoms with E-state index in [1.807, 2.05) is 0 Å². The van der Waals surface area contributed by atoms with Gasteiger partial charge >= 0.3 is 11.9 Å². The highest BCUT2D eigenvalue weighted by Gasteiger charge is 2.30. The van der Waals surface area contributed by atoms with Crippen LogP contribution in [-0.2, 0) is 53.1 Å². The van der Waals surface area contributed by atoms with Gasteiger partial charge in [-0.2, -0.15) is 4.99 Å². The molecule has 4 rings (SSSR count). The number of benzene rings is 1. The van der Waals surface area contributed by atoms with Crippen LogP contribution in [0.4, 0.5) is 5.00 Å². The van der Waals surface area contributed by atoms with E-state index >= 15 is 0 Å². The molecule has 3 aromatic rings. The number of sulfone groups is 1. The highest BCUT2D eigenvalue weighted by molar-refractivity contribution is 7.92. The van der Waals surface area contributed by atoms with Gasteiger partial charge < -0.3 is 24.1 Å². The summed E-state index contributed by atoms with van der Waals surface area (Å²) in [5.74, 6) is -4.05. The molecule has 1 atom stereocenters. The van der Waals surface area contributed by atoms with Crippen LogP contribution in [0, 0.1) is 5.92 Å². The van der Waals surface area contributed by atoms with E-state index in [4.69, 9.17) is 14.2 Å². The Kier molecular flexibility index (Phi) is 10.4. The van der Waals surface area contributed by atoms with Gasteiger partial charge in [-0.05, 0) is 62.8 Å². The molecule has 0 radical (unpaired) electrons. The molecule has 0 aliphatic heterocycles. The van der Waals surface area contributed by atoms with Crippen molar-refractivity contribution < 1.29 is 41.8 Å². The molecule has 15 heteroatoms. The Bertz CT molecular complexity index is 1730. The number of nitrogens with zero attached hydrogens (tertiary/aromatic N) is 2. The predicted octanol–water partition coefficient (Wildman–Crippen LogP) is 3.12. The van der Waals surface area contributed by atoms with Crippen LogP contribution in [0.15, 0.2) is 23.2 Å². The van der Waals surface area contributed by atoms with Crippen LogP contribution in [0.1, 0.15) is 48.0 Å². The fourth-order valence-electron chi connectivity index (χ4n) is 4.75. The molecule has 1 N–H and O–H groups in total. The average Bonchev–Trinajstić information content (AvgIpc) is 3.43. The average molecular weight is 652 g/mol. The second-order valence-corrected chi connectivity index (χ2v) is 14.2. The lowest BCUT2D eigenvalue weighted by Gasteiger charge is -2.18. The lowest BCUT2D eigenvalue weighted by atomic mass is 9.88. The number of carbonyl (C=O) groups excluding carboxylic acids is 4. The molecule has 232 valence electrons. The minimum atomic E-state index is -4.24. The first-order valence-corrected chi connectivity index (χ1v) is 17.1. The number of thiophene rings is 1. The Balaban J connectivity index is 1.54. The second-order valence-electron chi connectivity index (χ2n) is 9.97. The number of ether oxygens (including phenoxy) is 3. The van der Waals surface area contributed by atoms with Gasteiger partial charge in [0.1, 0.15) is 28.8 Å². The van der Waals surface area contributed by atoms with Gasteiger partial charge in [0.15, 0.2) is 14.6 Å². The first-order chi connectivity index (χ1) is 20.4. The van der Waals surface area contributed by atoms with Crippen molar-refractivity contribution in [2.45, 2.75) is 46.6 Å². The topological polar surface area (TPSA) is 159 Å². The summed E-state index contributed by atoms with van der Waals surface area (Å²) >= 11 is 2.32. The zero-order chi connectivity index (χ0) is 31.3. The van der Waals surface area contributed by atoms with Crippen molar-refractivity contribution in [2.24, 2.45) is 10.9 Å². The van der Waals surface area contributed by atoms with Crippen LogP contribution >= 0.6 is 22.7 Å². The standard InChI is InChI=1S/C28H33N3O9S3/c1-5-39-24(34)13-31-19-10-8-17(38-4)12-21(19)42-28(31)30-23(33)15-43(36,37)14-22(32)29-26-25(27(35)40-6-2)18-9-7-16(3)11-20(18)41-26/h8,10,12,16H,5-7,9,11,13-15H2,1-4H3,(H,29,32). The Labute approximate surface area is 256 Å². The van der Waals surface area contributed by atoms with Crippen LogP contribution in [0.3, 0.4) is 0 Å². The summed E-state index contributed by atoms with van der Waals surface area (Å²) in [4.78, 5) is 55.7. The molecule has 0 saturated carbocycles. The van der Waals surface area contributed by atoms with E-state index < -0.39 is 45.1 Å². The third-order valence-electron chi connectivity index (χ3n) is 6.64. The van der Waals surface area contributed by atoms with E-state index in [2.05, 4.69) is 17.2 Å². The van der Waals surface area contributed by atoms with Gasteiger partial charge in [-0.3, -0.25) is 14.4 Å². The quantitative estimate of drug-likeness (QED) is 0.307. The molecule has 2 aromatic heterocycles. The van der Waals surface area contributed by atoms with Crippen LogP contribution in [0.25, 0.3) is 10.2 Å². The van der Waals surface area contributed by atoms with Crippen molar-refractivity contribution >= 4 is 71.5 Å². The number of thiazole rings is 1. The third-order valence-corrected chi connectivity index (χ3v) is 10.2. The maximum Gasteiger partial charge on any atom is 0.341 e. The van der Waals surface area contributed by atoms with Gasteiger partial charge in [-0.1, -0.05) is 18.3 Å². The Hall–Kier alpha value is -3.56. The first-order valence-electron chi connectivity index (χ1n) is 13.7. The highest BCUT2D eigenvalue weighted by Crippen LogP contribution is 2.40. The molecule has 1 aromatic carbocycles. The van der Waals surface area contributed by atoms with E-state index in [9.17, 15) is 27.6 Å². The van der Waals surface area contributed by atoms with Crippen molar-refractivity contribution in [3.05, 3.63) is 39.0 Å². The molecular formula is C28H33N3O9S3. The summed E-state index contributed by atoms with van der Waals surface area (Å²) in [7, 11) is -2.74. The molecule has 0 spiro atoms. The molecule has 2 heterocycles. The maximum absolute atomic E-state index is 12.9. The number of carbonyl (C=O) groups is 4. The smallest absolute Gasteiger partial charge is 0.341 e. The molecular weight excluding hydrogens is 619 g/mol. The van der Waals surface area contributed by atoms with Crippen LogP contribution in [-0.4, -0.2) is 68.6 Å². The predicted molar refractivity (Wildman–Crippen MR) is 162 cm³/mol. The van der Waals surface area contributed by atoms with Crippen LogP contribution < -0.4 is 14.9 Å². The second kappa shape index (κ2) is 13.8. The van der Waals surface area contributed by atoms with Gasteiger partial charge in [0.05, 0.1) is 36.1 Å². The number of hydrogen-bond donors (Lipinski definition) is 1. The van der Waals surface area contributed by atoms with E-state index in [0.717, 1.165) is 34.6 Å². The number of amides is 2. The van der Waals surface area contributed by atoms with E-state index in [0.29, 0.717) is 28.3 Å². The Morgan fingerprint density at radius 1 is 1.09 bits per heavy atom. The number of esters is 2. The zero-order valence-electron chi connectivity index (χ0n) is 24.3. The van der Waals surface area contributed by atoms with Crippen molar-refractivity contribution in [3.8, 4) is 5.75 Å². The molecule has 1 aliphatic rings. The summed E-state index contributed by atoms with van der Waals surface area (Å²) in [5, 5.41) is 2.81. The van der Waals surface area contributed by atoms with Crippen molar-refractivity contribution in [3.63, 3.8) is 0 Å². The molecule has 1 unspecified atom stereocenters. The highest BCUT2D eigenvalue weighted by atomic mass is 32.2. The zero-order valence-corrected chi connectivity index (χ0v) is 26.7. The van der Waals surface area contributed by atoms with Crippen molar-refractivity contribution in [1.82, 2.24) is 4.57 Å². The van der Waals surface area contributed by atoms with Crippen molar-refractivity contribution in [1.29, 1.82) is 0 Å². The largest absolute Gasteiger partial charge is 0.497 e. The first kappa shape index (κ1) is 32.4. The number of nitrogens with one attached hydrogen (secondary N) is 1. The molecule has 2 amide bonds. The van der Waals surface area contributed by atoms with Gasteiger partial charge in [-0.15, -0.1) is 11.3 Å². The van der Waals surface area contributed by atoms with E-state index in [-0.39, 0.29) is 35.1 Å². The number of anilines is 1. The lowest BCUT2D eigenvalue weighted by Crippen LogP contribution is -2.29. The van der Waals surface area contributed by atoms with Crippen LogP contribution in [0.2, 0.25) is 0 Å². The number of rotatable bonds is 11. The summed E-state index contributed by atoms with van der Waals surface area (Å²) in [5.41, 5.74) is 1.67. The summed E-state index contributed by atoms with van der Waals surface area (Å²) in [6.45, 7) is 5.52. The third kappa shape index (κ3) is 7.89. The summed E-state index contributed by atoms with van der Waals surface area (Å²) < 4.78 is 43.3. The number of aromatic nitrogens is 1. The number of methoxy groups -OCH3 is 1. The molecule has 43 heavy (non-hydrogen) atoms. The van der Waals surface area contributed by atoms with E-state index in [1.165, 1.54) is 23.0 Å². The van der Waals surface area contributed by atoms with Gasteiger partial charge in [0.25, 0.3) is 5.91 Å². The normalized spacial score (nSPS) is 15.2. The lowest BCUT2D eigenvalue weighted by molar-refractivity contribution is -0.143. The van der Waals surface area contributed by atoms with Gasteiger partial charge in [0.2, 0.25) is 5.91 Å². The summed E-state index contributed by atoms with van der Waals surface area (Å²) in [6, 6.07) is 5.09. The molecule has 0 saturated heterocycles. The molecule has 0 bridgehead atoms. The van der Waals surface area contributed by atoms with Gasteiger partial charge in [0, 0.05) is 4.88 Å². The molecule has 0 fully saturated rings. The fourth-order valence-corrected chi connectivity index (χ4v) is 8.26. The summed E-state index contributed by atoms with van der Waals surface area (Å²) in [6.07, 6.45) is 2.29. The molecule has 1 aliphatic carbocycles. The minimum absolute atomic E-state index is 0.0958. The number of hydrogen-bond acceptors (Lipinski definition) is 11. The molecule has 12 nitrogen and oxygen atoms in total. The van der Waals surface area contributed by atoms with Gasteiger partial charge in [-0.25, -0.2) is 13.2 Å². The SMILES string of the molecule is CCOC(=O)Cn1c(=NC(=O)CS(=O)(=O)CC(=O)Nc2sc3c(c2C(=O)OCC)CCC(C)C3)sc2cc(OC)ccc21. The minimum Gasteiger partial charge on any atom is -0.497 e.